The van der Waals surface area contributed by atoms with Gasteiger partial charge in [-0.2, -0.15) is 0 Å². The lowest BCUT2D eigenvalue weighted by Crippen LogP contribution is -2.26. The number of carbonyl (C=O) groups excluding carboxylic acids is 1. The van der Waals surface area contributed by atoms with Gasteiger partial charge in [-0.05, 0) is 51.9 Å². The number of nitrogens with zero attached hydrogens (tertiary/aromatic N) is 3. The van der Waals surface area contributed by atoms with Crippen molar-refractivity contribution in [1.29, 1.82) is 0 Å². The standard InChI is InChI=1S/C21H23ClN4O2S/c1-13(21-24-19(14(2)29-21)15-5-7-16(22)8-6-15)23-20(27)18-11-17(28-25-18)12-26-9-3-4-10-26/h5-8,11,13H,3-4,9-10,12H2,1-2H3,(H,23,27). The first-order chi connectivity index (χ1) is 14.0. The number of rotatable bonds is 6. The van der Waals surface area contributed by atoms with Gasteiger partial charge in [-0.25, -0.2) is 4.98 Å². The normalized spacial score (nSPS) is 15.6. The number of aromatic nitrogens is 2. The summed E-state index contributed by atoms with van der Waals surface area (Å²) in [5, 5.41) is 8.45. The zero-order valence-electron chi connectivity index (χ0n) is 16.4. The average Bonchev–Trinajstić information content (AvgIpc) is 3.44. The summed E-state index contributed by atoms with van der Waals surface area (Å²) in [6.45, 7) is 6.79. The molecule has 1 unspecified atom stereocenters. The predicted octanol–water partition coefficient (Wildman–Crippen LogP) is 4.85. The molecule has 4 rings (SSSR count). The van der Waals surface area contributed by atoms with Gasteiger partial charge >= 0.3 is 0 Å². The van der Waals surface area contributed by atoms with E-state index in [4.69, 9.17) is 21.1 Å². The molecular weight excluding hydrogens is 408 g/mol. The molecule has 0 bridgehead atoms. The molecule has 1 fully saturated rings. The minimum Gasteiger partial charge on any atom is -0.359 e. The summed E-state index contributed by atoms with van der Waals surface area (Å²) >= 11 is 7.55. The van der Waals surface area contributed by atoms with Crippen molar-refractivity contribution in [3.8, 4) is 11.3 Å². The van der Waals surface area contributed by atoms with Crippen LogP contribution in [0.1, 0.15) is 51.9 Å². The minimum atomic E-state index is -0.255. The first kappa shape index (κ1) is 20.1. The Kier molecular flexibility index (Phi) is 5.99. The Bertz CT molecular complexity index is 993. The quantitative estimate of drug-likeness (QED) is 0.605. The highest BCUT2D eigenvalue weighted by Gasteiger charge is 2.21. The van der Waals surface area contributed by atoms with Gasteiger partial charge in [-0.15, -0.1) is 11.3 Å². The maximum atomic E-state index is 12.6. The molecule has 6 nitrogen and oxygen atoms in total. The van der Waals surface area contributed by atoms with Crippen LogP contribution in [0.2, 0.25) is 5.02 Å². The molecule has 1 aliphatic rings. The van der Waals surface area contributed by atoms with Gasteiger partial charge < -0.3 is 9.84 Å². The number of thiazole rings is 1. The summed E-state index contributed by atoms with van der Waals surface area (Å²) < 4.78 is 5.35. The fraction of sp³-hybridized carbons (Fsp3) is 0.381. The summed E-state index contributed by atoms with van der Waals surface area (Å²) in [4.78, 5) is 20.7. The van der Waals surface area contributed by atoms with Crippen molar-refractivity contribution in [2.24, 2.45) is 0 Å². The molecule has 1 N–H and O–H groups in total. The molecule has 1 aromatic carbocycles. The average molecular weight is 431 g/mol. The molecule has 152 valence electrons. The van der Waals surface area contributed by atoms with Crippen LogP contribution in [0, 0.1) is 6.92 Å². The van der Waals surface area contributed by atoms with Gasteiger partial charge in [0, 0.05) is 21.5 Å². The number of amides is 1. The first-order valence-electron chi connectivity index (χ1n) is 9.71. The van der Waals surface area contributed by atoms with Gasteiger partial charge in [0.05, 0.1) is 18.3 Å². The lowest BCUT2D eigenvalue weighted by atomic mass is 10.1. The predicted molar refractivity (Wildman–Crippen MR) is 114 cm³/mol. The lowest BCUT2D eigenvalue weighted by Gasteiger charge is -2.10. The van der Waals surface area contributed by atoms with Crippen LogP contribution in [0.15, 0.2) is 34.9 Å². The molecule has 1 aliphatic heterocycles. The topological polar surface area (TPSA) is 71.3 Å². The zero-order chi connectivity index (χ0) is 20.4. The van der Waals surface area contributed by atoms with E-state index in [0.29, 0.717) is 17.3 Å². The van der Waals surface area contributed by atoms with E-state index >= 15 is 0 Å². The highest BCUT2D eigenvalue weighted by Crippen LogP contribution is 2.31. The monoisotopic (exact) mass is 430 g/mol. The molecule has 8 heteroatoms. The van der Waals surface area contributed by atoms with Crippen LogP contribution in [0.25, 0.3) is 11.3 Å². The highest BCUT2D eigenvalue weighted by atomic mass is 35.5. The van der Waals surface area contributed by atoms with Crippen LogP contribution in [-0.2, 0) is 6.54 Å². The molecule has 1 atom stereocenters. The van der Waals surface area contributed by atoms with E-state index in [0.717, 1.165) is 40.0 Å². The van der Waals surface area contributed by atoms with Gasteiger partial charge in [-0.3, -0.25) is 9.69 Å². The summed E-state index contributed by atoms with van der Waals surface area (Å²) in [6, 6.07) is 9.11. The van der Waals surface area contributed by atoms with Crippen LogP contribution in [-0.4, -0.2) is 34.0 Å². The number of benzene rings is 1. The molecular formula is C21H23ClN4O2S. The number of hydrogen-bond acceptors (Lipinski definition) is 6. The second-order valence-electron chi connectivity index (χ2n) is 7.32. The summed E-state index contributed by atoms with van der Waals surface area (Å²) in [6.07, 6.45) is 2.43. The van der Waals surface area contributed by atoms with Gasteiger partial charge in [-0.1, -0.05) is 28.9 Å². The van der Waals surface area contributed by atoms with Crippen molar-refractivity contribution in [1.82, 2.24) is 20.4 Å². The van der Waals surface area contributed by atoms with Crippen LogP contribution in [0.4, 0.5) is 0 Å². The van der Waals surface area contributed by atoms with Gasteiger partial charge in [0.2, 0.25) is 0 Å². The molecule has 3 heterocycles. The molecule has 0 spiro atoms. The Morgan fingerprint density at radius 3 is 2.76 bits per heavy atom. The van der Waals surface area contributed by atoms with Crippen molar-refractivity contribution < 1.29 is 9.32 Å². The van der Waals surface area contributed by atoms with Gasteiger partial charge in [0.25, 0.3) is 5.91 Å². The van der Waals surface area contributed by atoms with Crippen molar-refractivity contribution >= 4 is 28.8 Å². The summed E-state index contributed by atoms with van der Waals surface area (Å²) in [7, 11) is 0. The van der Waals surface area contributed by atoms with E-state index in [1.54, 1.807) is 17.4 Å². The Morgan fingerprint density at radius 1 is 1.31 bits per heavy atom. The lowest BCUT2D eigenvalue weighted by molar-refractivity contribution is 0.0930. The largest absolute Gasteiger partial charge is 0.359 e. The molecule has 2 aromatic heterocycles. The third-order valence-electron chi connectivity index (χ3n) is 5.02. The number of nitrogens with one attached hydrogen (secondary N) is 1. The van der Waals surface area contributed by atoms with Crippen LogP contribution >= 0.6 is 22.9 Å². The number of aryl methyl sites for hydroxylation is 1. The number of carbonyl (C=O) groups is 1. The maximum absolute atomic E-state index is 12.6. The van der Waals surface area contributed by atoms with E-state index < -0.39 is 0 Å². The van der Waals surface area contributed by atoms with Crippen molar-refractivity contribution in [2.75, 3.05) is 13.1 Å². The van der Waals surface area contributed by atoms with Crippen LogP contribution in [0.3, 0.4) is 0 Å². The Hall–Kier alpha value is -2.22. The van der Waals surface area contributed by atoms with Crippen molar-refractivity contribution in [3.63, 3.8) is 0 Å². The minimum absolute atomic E-state index is 0.231. The molecule has 1 amide bonds. The molecule has 0 radical (unpaired) electrons. The Labute approximate surface area is 178 Å². The maximum Gasteiger partial charge on any atom is 0.274 e. The number of likely N-dealkylation sites (tertiary alicyclic amines) is 1. The highest BCUT2D eigenvalue weighted by molar-refractivity contribution is 7.12. The zero-order valence-corrected chi connectivity index (χ0v) is 18.0. The smallest absolute Gasteiger partial charge is 0.274 e. The Balaban J connectivity index is 1.42. The fourth-order valence-corrected chi connectivity index (χ4v) is 4.54. The number of hydrogen-bond donors (Lipinski definition) is 1. The molecule has 29 heavy (non-hydrogen) atoms. The van der Waals surface area contributed by atoms with E-state index in [2.05, 4.69) is 15.4 Å². The van der Waals surface area contributed by atoms with E-state index in [1.807, 2.05) is 38.1 Å². The second kappa shape index (κ2) is 8.65. The Morgan fingerprint density at radius 2 is 2.03 bits per heavy atom. The number of halogens is 1. The van der Waals surface area contributed by atoms with Crippen molar-refractivity contribution in [2.45, 2.75) is 39.3 Å². The summed E-state index contributed by atoms with van der Waals surface area (Å²) in [5.74, 6) is 0.467. The summed E-state index contributed by atoms with van der Waals surface area (Å²) in [5.41, 5.74) is 2.23. The molecule has 0 aliphatic carbocycles. The molecule has 0 saturated carbocycles. The third-order valence-corrected chi connectivity index (χ3v) is 6.42. The second-order valence-corrected chi connectivity index (χ2v) is 8.99. The van der Waals surface area contributed by atoms with E-state index in [-0.39, 0.29) is 11.9 Å². The fourth-order valence-electron chi connectivity index (χ4n) is 3.47. The van der Waals surface area contributed by atoms with Crippen LogP contribution in [0.5, 0.6) is 0 Å². The molecule has 1 saturated heterocycles. The first-order valence-corrected chi connectivity index (χ1v) is 10.9. The van der Waals surface area contributed by atoms with E-state index in [9.17, 15) is 4.79 Å². The molecule has 3 aromatic rings. The van der Waals surface area contributed by atoms with Gasteiger partial charge in [0.15, 0.2) is 11.5 Å². The van der Waals surface area contributed by atoms with E-state index in [1.165, 1.54) is 12.8 Å². The van der Waals surface area contributed by atoms with Gasteiger partial charge in [0.1, 0.15) is 5.01 Å². The third kappa shape index (κ3) is 4.69. The van der Waals surface area contributed by atoms with Crippen molar-refractivity contribution in [3.05, 3.63) is 56.7 Å². The van der Waals surface area contributed by atoms with Crippen LogP contribution < -0.4 is 5.32 Å². The SMILES string of the molecule is Cc1sc(C(C)NC(=O)c2cc(CN3CCCC3)on2)nc1-c1ccc(Cl)cc1.